The number of pyridine rings is 1. The summed E-state index contributed by atoms with van der Waals surface area (Å²) in [7, 11) is -1.35. The Hall–Kier alpha value is -1.31. The maximum atomic E-state index is 5.79. The minimum absolute atomic E-state index is 0.129. The van der Waals surface area contributed by atoms with Crippen LogP contribution in [0.2, 0.25) is 19.6 Å². The lowest BCUT2D eigenvalue weighted by molar-refractivity contribution is -0.106. The predicted octanol–water partition coefficient (Wildman–Crippen LogP) is 3.22. The molecule has 1 aromatic rings. The molecule has 0 aromatic carbocycles. The van der Waals surface area contributed by atoms with Gasteiger partial charge in [-0.2, -0.15) is 0 Å². The Balaban J connectivity index is 2.03. The van der Waals surface area contributed by atoms with Gasteiger partial charge in [0, 0.05) is 18.2 Å². The second-order valence-electron chi connectivity index (χ2n) is 5.82. The quantitative estimate of drug-likeness (QED) is 0.613. The van der Waals surface area contributed by atoms with Crippen molar-refractivity contribution in [2.24, 2.45) is 0 Å². The first-order valence-corrected chi connectivity index (χ1v) is 10.3. The molecule has 1 atom stereocenters. The molecule has 1 aliphatic rings. The molecular weight excluding hydrogens is 254 g/mol. The lowest BCUT2D eigenvalue weighted by Crippen LogP contribution is -2.25. The maximum Gasteiger partial charge on any atom is 0.199 e. The van der Waals surface area contributed by atoms with E-state index in [0.29, 0.717) is 0 Å². The minimum atomic E-state index is -1.35. The van der Waals surface area contributed by atoms with Crippen molar-refractivity contribution < 1.29 is 9.47 Å². The van der Waals surface area contributed by atoms with Gasteiger partial charge in [-0.15, -0.1) is 5.54 Å². The Kier molecular flexibility index (Phi) is 4.62. The van der Waals surface area contributed by atoms with Crippen LogP contribution in [0, 0.1) is 11.5 Å². The van der Waals surface area contributed by atoms with Gasteiger partial charge in [-0.1, -0.05) is 25.6 Å². The normalized spacial score (nSPS) is 19.4. The predicted molar refractivity (Wildman–Crippen MR) is 78.7 cm³/mol. The summed E-state index contributed by atoms with van der Waals surface area (Å²) in [5.74, 6) is 3.94. The monoisotopic (exact) mass is 275 g/mol. The van der Waals surface area contributed by atoms with E-state index in [2.05, 4.69) is 36.1 Å². The topological polar surface area (TPSA) is 31.4 Å². The molecule has 0 radical (unpaired) electrons. The van der Waals surface area contributed by atoms with Gasteiger partial charge in [0.2, 0.25) is 0 Å². The average Bonchev–Trinajstić information content (AvgIpc) is 2.37. The van der Waals surface area contributed by atoms with Crippen LogP contribution in [0.25, 0.3) is 0 Å². The fourth-order valence-corrected chi connectivity index (χ4v) is 2.29. The number of rotatable bonds is 2. The maximum absolute atomic E-state index is 5.79. The van der Waals surface area contributed by atoms with Gasteiger partial charge in [0.25, 0.3) is 0 Å². The minimum Gasteiger partial charge on any atom is -0.463 e. The summed E-state index contributed by atoms with van der Waals surface area (Å²) < 4.78 is 11.3. The van der Waals surface area contributed by atoms with E-state index < -0.39 is 8.07 Å². The summed E-state index contributed by atoms with van der Waals surface area (Å²) in [5.41, 5.74) is 4.24. The number of nitrogens with zero attached hydrogens (tertiary/aromatic N) is 1. The third-order valence-electron chi connectivity index (χ3n) is 2.70. The molecule has 102 valence electrons. The van der Waals surface area contributed by atoms with E-state index in [0.717, 1.165) is 37.2 Å². The first-order valence-electron chi connectivity index (χ1n) is 6.79. The van der Waals surface area contributed by atoms with E-state index >= 15 is 0 Å². The van der Waals surface area contributed by atoms with Gasteiger partial charge in [0.15, 0.2) is 6.29 Å². The van der Waals surface area contributed by atoms with Crippen molar-refractivity contribution in [3.05, 3.63) is 24.0 Å². The zero-order chi connectivity index (χ0) is 13.7. The van der Waals surface area contributed by atoms with Gasteiger partial charge >= 0.3 is 0 Å². The summed E-state index contributed by atoms with van der Waals surface area (Å²) in [5, 5.41) is 0. The molecule has 1 aliphatic heterocycles. The zero-order valence-corrected chi connectivity index (χ0v) is 12.9. The summed E-state index contributed by atoms with van der Waals surface area (Å²) >= 11 is 0. The molecular formula is C15H21NO2Si. The number of hydrogen-bond acceptors (Lipinski definition) is 3. The van der Waals surface area contributed by atoms with Gasteiger partial charge in [-0.05, 0) is 18.9 Å². The molecule has 1 fully saturated rings. The lowest BCUT2D eigenvalue weighted by atomic mass is 10.2. The average molecular weight is 275 g/mol. The molecule has 1 aromatic heterocycles. The van der Waals surface area contributed by atoms with Crippen LogP contribution in [0.3, 0.4) is 0 Å². The molecule has 1 unspecified atom stereocenters. The van der Waals surface area contributed by atoms with Crippen LogP contribution in [0.5, 0.6) is 5.75 Å². The van der Waals surface area contributed by atoms with Crippen LogP contribution in [-0.4, -0.2) is 26.0 Å². The molecule has 0 bridgehead atoms. The van der Waals surface area contributed by atoms with Crippen LogP contribution in [0.15, 0.2) is 18.5 Å². The van der Waals surface area contributed by atoms with Gasteiger partial charge < -0.3 is 9.47 Å². The standard InChI is InChI=1S/C15H21NO2Si/c1-19(2,3)9-7-13-10-14(12-16-11-13)18-15-6-4-5-8-17-15/h10-12,15H,4-6,8H2,1-3H3. The summed E-state index contributed by atoms with van der Waals surface area (Å²) in [4.78, 5) is 4.18. The van der Waals surface area contributed by atoms with Crippen molar-refractivity contribution in [2.75, 3.05) is 6.61 Å². The fraction of sp³-hybridized carbons (Fsp3) is 0.533. The van der Waals surface area contributed by atoms with Gasteiger partial charge in [0.1, 0.15) is 13.8 Å². The molecule has 19 heavy (non-hydrogen) atoms. The molecule has 0 spiro atoms. The van der Waals surface area contributed by atoms with E-state index in [-0.39, 0.29) is 6.29 Å². The second kappa shape index (κ2) is 6.22. The van der Waals surface area contributed by atoms with E-state index in [1.807, 2.05) is 6.07 Å². The molecule has 4 heteroatoms. The molecule has 2 heterocycles. The van der Waals surface area contributed by atoms with Crippen molar-refractivity contribution in [3.8, 4) is 17.2 Å². The third kappa shape index (κ3) is 5.05. The Morgan fingerprint density at radius 2 is 2.16 bits per heavy atom. The Morgan fingerprint density at radius 1 is 1.32 bits per heavy atom. The molecule has 3 nitrogen and oxygen atoms in total. The first-order chi connectivity index (χ1) is 9.03. The smallest absolute Gasteiger partial charge is 0.199 e. The second-order valence-corrected chi connectivity index (χ2v) is 10.6. The van der Waals surface area contributed by atoms with Gasteiger partial charge in [0.05, 0.1) is 12.8 Å². The first kappa shape index (κ1) is 14.1. The Morgan fingerprint density at radius 3 is 2.84 bits per heavy atom. The number of ether oxygens (including phenoxy) is 2. The lowest BCUT2D eigenvalue weighted by Gasteiger charge is -2.23. The van der Waals surface area contributed by atoms with Crippen LogP contribution in [0.1, 0.15) is 24.8 Å². The zero-order valence-electron chi connectivity index (χ0n) is 11.9. The number of aromatic nitrogens is 1. The van der Waals surface area contributed by atoms with Gasteiger partial charge in [-0.3, -0.25) is 4.98 Å². The third-order valence-corrected chi connectivity index (χ3v) is 3.58. The number of hydrogen-bond donors (Lipinski definition) is 0. The summed E-state index contributed by atoms with van der Waals surface area (Å²) in [6, 6.07) is 1.94. The largest absolute Gasteiger partial charge is 0.463 e. The van der Waals surface area contributed by atoms with E-state index in [9.17, 15) is 0 Å². The van der Waals surface area contributed by atoms with Crippen LogP contribution >= 0.6 is 0 Å². The highest BCUT2D eigenvalue weighted by Crippen LogP contribution is 2.19. The molecule has 0 amide bonds. The molecule has 0 saturated carbocycles. The van der Waals surface area contributed by atoms with Crippen LogP contribution in [0.4, 0.5) is 0 Å². The van der Waals surface area contributed by atoms with Crippen molar-refractivity contribution in [3.63, 3.8) is 0 Å². The Labute approximate surface area is 116 Å². The van der Waals surface area contributed by atoms with Gasteiger partial charge in [-0.25, -0.2) is 0 Å². The highest BCUT2D eigenvalue weighted by Gasteiger charge is 2.15. The molecule has 0 N–H and O–H groups in total. The van der Waals surface area contributed by atoms with Crippen molar-refractivity contribution in [2.45, 2.75) is 45.2 Å². The van der Waals surface area contributed by atoms with Crippen molar-refractivity contribution >= 4 is 8.07 Å². The van der Waals surface area contributed by atoms with Crippen molar-refractivity contribution in [1.29, 1.82) is 0 Å². The van der Waals surface area contributed by atoms with E-state index in [1.165, 1.54) is 0 Å². The van der Waals surface area contributed by atoms with E-state index in [1.54, 1.807) is 12.4 Å². The summed E-state index contributed by atoms with van der Waals surface area (Å²) in [6.07, 6.45) is 6.60. The highest BCUT2D eigenvalue weighted by atomic mass is 28.3. The van der Waals surface area contributed by atoms with Crippen molar-refractivity contribution in [1.82, 2.24) is 4.98 Å². The molecule has 0 aliphatic carbocycles. The molecule has 2 rings (SSSR count). The highest BCUT2D eigenvalue weighted by molar-refractivity contribution is 6.83. The van der Waals surface area contributed by atoms with Crippen LogP contribution in [-0.2, 0) is 4.74 Å². The van der Waals surface area contributed by atoms with Crippen LogP contribution < -0.4 is 4.74 Å². The fourth-order valence-electron chi connectivity index (χ4n) is 1.77. The molecule has 1 saturated heterocycles. The SMILES string of the molecule is C[Si](C)(C)C#Cc1cncc(OC2CCCCO2)c1. The van der Waals surface area contributed by atoms with E-state index in [4.69, 9.17) is 9.47 Å². The Bertz CT molecular complexity index is 479. The summed E-state index contributed by atoms with van der Waals surface area (Å²) in [6.45, 7) is 7.46.